The van der Waals surface area contributed by atoms with Crippen molar-refractivity contribution in [1.82, 2.24) is 19.7 Å². The summed E-state index contributed by atoms with van der Waals surface area (Å²) in [5, 5.41) is 17.4. The first-order valence-corrected chi connectivity index (χ1v) is 9.84. The van der Waals surface area contributed by atoms with Crippen LogP contribution < -0.4 is 10.3 Å². The molecular weight excluding hydrogens is 437 g/mol. The predicted molar refractivity (Wildman–Crippen MR) is 112 cm³/mol. The zero-order valence-corrected chi connectivity index (χ0v) is 17.4. The lowest BCUT2D eigenvalue weighted by Crippen LogP contribution is -2.25. The maximum Gasteiger partial charge on any atom is 0.262 e. The fourth-order valence-corrected chi connectivity index (χ4v) is 4.14. The second-order valence-electron chi connectivity index (χ2n) is 6.39. The average molecular weight is 451 g/mol. The van der Waals surface area contributed by atoms with Crippen molar-refractivity contribution in [2.75, 3.05) is 0 Å². The highest BCUT2D eigenvalue weighted by Gasteiger charge is 2.21. The summed E-state index contributed by atoms with van der Waals surface area (Å²) in [4.78, 5) is 20.2. The molecule has 0 fully saturated rings. The van der Waals surface area contributed by atoms with E-state index in [9.17, 15) is 10.0 Å². The van der Waals surface area contributed by atoms with Crippen LogP contribution in [-0.4, -0.2) is 19.7 Å². The van der Waals surface area contributed by atoms with Gasteiger partial charge in [0.2, 0.25) is 0 Å². The lowest BCUT2D eigenvalue weighted by atomic mass is 10.2. The molecule has 29 heavy (non-hydrogen) atoms. The number of hydrogen-bond donors (Lipinski definition) is 1. The van der Waals surface area contributed by atoms with Crippen LogP contribution in [0, 0.1) is 5.21 Å². The zero-order chi connectivity index (χ0) is 20.7. The molecule has 4 rings (SSSR count). The molecule has 0 atom stereocenters. The lowest BCUT2D eigenvalue weighted by Gasteiger charge is -2.09. The summed E-state index contributed by atoms with van der Waals surface area (Å²) < 4.78 is 2.16. The van der Waals surface area contributed by atoms with Crippen LogP contribution in [-0.2, 0) is 12.8 Å². The summed E-state index contributed by atoms with van der Waals surface area (Å²) in [6.45, 7) is 1.89. The second-order valence-corrected chi connectivity index (χ2v) is 7.64. The van der Waals surface area contributed by atoms with Crippen molar-refractivity contribution >= 4 is 45.8 Å². The van der Waals surface area contributed by atoms with E-state index in [0.717, 1.165) is 0 Å². The number of halogens is 3. The van der Waals surface area contributed by atoms with Gasteiger partial charge in [0.1, 0.15) is 16.9 Å². The van der Waals surface area contributed by atoms with Gasteiger partial charge in [0.05, 0.1) is 15.7 Å². The van der Waals surface area contributed by atoms with E-state index in [0.29, 0.717) is 50.0 Å². The molecule has 4 aromatic rings. The predicted octanol–water partition coefficient (Wildman–Crippen LogP) is 3.86. The summed E-state index contributed by atoms with van der Waals surface area (Å²) in [7, 11) is 0. The van der Waals surface area contributed by atoms with Crippen molar-refractivity contribution in [1.29, 1.82) is 0 Å². The summed E-state index contributed by atoms with van der Waals surface area (Å²) >= 11 is 18.8. The Labute approximate surface area is 180 Å². The van der Waals surface area contributed by atoms with Gasteiger partial charge < -0.3 is 10.2 Å². The van der Waals surface area contributed by atoms with Gasteiger partial charge in [0, 0.05) is 23.1 Å². The molecule has 0 amide bonds. The third kappa shape index (κ3) is 3.69. The van der Waals surface area contributed by atoms with E-state index in [1.165, 1.54) is 17.1 Å². The van der Waals surface area contributed by atoms with E-state index in [2.05, 4.69) is 15.1 Å². The van der Waals surface area contributed by atoms with E-state index in [1.54, 1.807) is 24.3 Å². The highest BCUT2D eigenvalue weighted by Crippen LogP contribution is 2.33. The number of nitrogens with zero attached hydrogens (tertiary/aromatic N) is 4. The number of nitrogens with one attached hydrogen (secondary N) is 1. The molecule has 0 aliphatic rings. The first kappa shape index (κ1) is 19.7. The first-order valence-electron chi connectivity index (χ1n) is 8.70. The lowest BCUT2D eigenvalue weighted by molar-refractivity contribution is -0.605. The van der Waals surface area contributed by atoms with E-state index < -0.39 is 0 Å². The Bertz CT molecular complexity index is 1280. The van der Waals surface area contributed by atoms with Crippen LogP contribution in [0.3, 0.4) is 0 Å². The third-order valence-corrected chi connectivity index (χ3v) is 5.19. The highest BCUT2D eigenvalue weighted by molar-refractivity contribution is 6.40. The number of pyridine rings is 1. The number of fused-ring (bicyclic) bond motifs is 1. The van der Waals surface area contributed by atoms with Crippen molar-refractivity contribution in [3.63, 3.8) is 0 Å². The minimum absolute atomic E-state index is 0.267. The van der Waals surface area contributed by atoms with Crippen molar-refractivity contribution in [2.45, 2.75) is 19.8 Å². The Morgan fingerprint density at radius 2 is 1.97 bits per heavy atom. The average Bonchev–Trinajstić information content (AvgIpc) is 3.00. The van der Waals surface area contributed by atoms with Crippen LogP contribution in [0.4, 0.5) is 0 Å². The van der Waals surface area contributed by atoms with Gasteiger partial charge in [-0.15, -0.1) is 0 Å². The molecule has 148 valence electrons. The molecule has 3 aromatic heterocycles. The van der Waals surface area contributed by atoms with Gasteiger partial charge in [-0.25, -0.2) is 9.67 Å². The van der Waals surface area contributed by atoms with Crippen LogP contribution in [0.1, 0.15) is 24.0 Å². The van der Waals surface area contributed by atoms with Crippen LogP contribution in [0.5, 0.6) is 0 Å². The highest BCUT2D eigenvalue weighted by atomic mass is 35.5. The maximum absolute atomic E-state index is 12.8. The van der Waals surface area contributed by atoms with Gasteiger partial charge in [0.25, 0.3) is 5.56 Å². The molecule has 7 nitrogen and oxygen atoms in total. The van der Waals surface area contributed by atoms with Crippen LogP contribution in [0.25, 0.3) is 16.7 Å². The van der Waals surface area contributed by atoms with E-state index in [4.69, 9.17) is 34.8 Å². The Kier molecular flexibility index (Phi) is 5.21. The van der Waals surface area contributed by atoms with Crippen LogP contribution in [0.2, 0.25) is 15.1 Å². The molecule has 0 spiro atoms. The summed E-state index contributed by atoms with van der Waals surface area (Å²) in [6.07, 6.45) is 3.59. The van der Waals surface area contributed by atoms with Gasteiger partial charge in [-0.05, 0) is 24.6 Å². The molecule has 3 heterocycles. The largest absolute Gasteiger partial charge is 0.619 e. The monoisotopic (exact) mass is 449 g/mol. The number of aromatic amines is 1. The molecule has 0 radical (unpaired) electrons. The quantitative estimate of drug-likeness (QED) is 0.378. The van der Waals surface area contributed by atoms with Crippen molar-refractivity contribution < 1.29 is 4.73 Å². The molecule has 0 saturated carbocycles. The van der Waals surface area contributed by atoms with Gasteiger partial charge in [-0.3, -0.25) is 4.79 Å². The molecule has 0 unspecified atom stereocenters. The first-order chi connectivity index (χ1) is 13.9. The molecule has 10 heteroatoms. The Balaban J connectivity index is 1.94. The van der Waals surface area contributed by atoms with E-state index in [1.807, 2.05) is 6.92 Å². The molecule has 0 aliphatic heterocycles. The normalized spacial score (nSPS) is 11.3. The molecule has 1 aromatic carbocycles. The fourth-order valence-electron chi connectivity index (χ4n) is 3.16. The van der Waals surface area contributed by atoms with Gasteiger partial charge in [-0.1, -0.05) is 41.7 Å². The van der Waals surface area contributed by atoms with Crippen molar-refractivity contribution in [3.05, 3.63) is 84.4 Å². The molecule has 0 bridgehead atoms. The smallest absolute Gasteiger partial charge is 0.262 e. The third-order valence-electron chi connectivity index (χ3n) is 4.40. The topological polar surface area (TPSA) is 90.5 Å². The molecule has 0 aliphatic carbocycles. The molecular formula is C19H14Cl3N5O2. The zero-order valence-electron chi connectivity index (χ0n) is 15.1. The van der Waals surface area contributed by atoms with E-state index >= 15 is 0 Å². The number of H-pyrrole nitrogens is 1. The summed E-state index contributed by atoms with van der Waals surface area (Å²) in [6, 6.07) is 6.51. The number of rotatable bonds is 4. The van der Waals surface area contributed by atoms with E-state index in [-0.39, 0.29) is 22.0 Å². The van der Waals surface area contributed by atoms with Gasteiger partial charge in [-0.2, -0.15) is 9.83 Å². The fraction of sp³-hybridized carbons (Fsp3) is 0.158. The maximum atomic E-state index is 12.8. The SMILES string of the molecule is CCc1nn(-c2c(Cl)cc(Cl)cc2Cl)c2nc(Cc3ccc[n+]([O-])c3)[nH]c(=O)c12. The van der Waals surface area contributed by atoms with Gasteiger partial charge >= 0.3 is 0 Å². The number of aryl methyl sites for hydroxylation is 1. The molecule has 1 N–H and O–H groups in total. The minimum Gasteiger partial charge on any atom is -0.619 e. The van der Waals surface area contributed by atoms with Gasteiger partial charge in [0.15, 0.2) is 18.0 Å². The Hall–Kier alpha value is -2.61. The summed E-state index contributed by atoms with van der Waals surface area (Å²) in [5.41, 5.74) is 1.68. The van der Waals surface area contributed by atoms with Crippen LogP contribution >= 0.6 is 34.8 Å². The minimum atomic E-state index is -0.319. The Morgan fingerprint density at radius 3 is 2.62 bits per heavy atom. The Morgan fingerprint density at radius 1 is 1.24 bits per heavy atom. The summed E-state index contributed by atoms with van der Waals surface area (Å²) in [5.74, 6) is 0.388. The van der Waals surface area contributed by atoms with Crippen molar-refractivity contribution in [2.24, 2.45) is 0 Å². The van der Waals surface area contributed by atoms with Crippen LogP contribution in [0.15, 0.2) is 41.5 Å². The molecule has 0 saturated heterocycles. The standard InChI is InChI=1S/C19H14Cl3N5O2/c1-2-14-16-18(27(25-14)17-12(21)7-11(20)8-13(17)22)23-15(24-19(16)28)6-10-4-3-5-26(29)9-10/h3-5,7-9H,2,6H2,1H3,(H,23,24,28). The number of aromatic nitrogens is 5. The second kappa shape index (κ2) is 7.67. The number of benzene rings is 1. The van der Waals surface area contributed by atoms with Crippen molar-refractivity contribution in [3.8, 4) is 5.69 Å². The number of hydrogen-bond acceptors (Lipinski definition) is 4.